The Morgan fingerprint density at radius 2 is 2.04 bits per heavy atom. The van der Waals surface area contributed by atoms with E-state index >= 15 is 0 Å². The van der Waals surface area contributed by atoms with Gasteiger partial charge in [-0.3, -0.25) is 9.59 Å². The molecular formula is C18H25NO4. The molecule has 0 spiro atoms. The summed E-state index contributed by atoms with van der Waals surface area (Å²) in [5, 5.41) is 3.35. The molecule has 0 radical (unpaired) electrons. The predicted molar refractivity (Wildman–Crippen MR) is 87.4 cm³/mol. The molecule has 1 aromatic rings. The quantitative estimate of drug-likeness (QED) is 0.664. The summed E-state index contributed by atoms with van der Waals surface area (Å²) in [5.41, 5.74) is 0.388. The van der Waals surface area contributed by atoms with Crippen LogP contribution in [0.4, 0.5) is 0 Å². The largest absolute Gasteiger partial charge is 0.496 e. The van der Waals surface area contributed by atoms with Gasteiger partial charge in [0, 0.05) is 18.0 Å². The molecule has 1 fully saturated rings. The topological polar surface area (TPSA) is 64.6 Å². The summed E-state index contributed by atoms with van der Waals surface area (Å²) >= 11 is 0. The number of ether oxygens (including phenoxy) is 2. The zero-order valence-corrected chi connectivity index (χ0v) is 14.2. The van der Waals surface area contributed by atoms with Gasteiger partial charge in [-0.25, -0.2) is 0 Å². The van der Waals surface area contributed by atoms with E-state index in [0.29, 0.717) is 13.0 Å². The van der Waals surface area contributed by atoms with E-state index in [1.54, 1.807) is 14.0 Å². The number of benzene rings is 1. The highest BCUT2D eigenvalue weighted by Gasteiger charge is 2.47. The van der Waals surface area contributed by atoms with Gasteiger partial charge in [0.25, 0.3) is 0 Å². The van der Waals surface area contributed by atoms with Crippen molar-refractivity contribution in [3.05, 3.63) is 29.8 Å². The molecular weight excluding hydrogens is 294 g/mol. The van der Waals surface area contributed by atoms with Gasteiger partial charge >= 0.3 is 5.97 Å². The number of ketones is 1. The number of nitrogens with one attached hydrogen (secondary N) is 1. The number of para-hydroxylation sites is 1. The molecule has 2 atom stereocenters. The third-order valence-corrected chi connectivity index (χ3v) is 4.58. The molecule has 1 aromatic carbocycles. The number of Topliss-reactive ketones (excluding diaryl/α,β-unsaturated/α-hetero) is 1. The molecule has 5 nitrogen and oxygen atoms in total. The first-order valence-corrected chi connectivity index (χ1v) is 7.98. The van der Waals surface area contributed by atoms with Crippen molar-refractivity contribution in [1.29, 1.82) is 0 Å². The number of piperidine rings is 1. The monoisotopic (exact) mass is 319 g/mol. The van der Waals surface area contributed by atoms with Crippen molar-refractivity contribution in [2.75, 3.05) is 20.3 Å². The van der Waals surface area contributed by atoms with Gasteiger partial charge in [0.15, 0.2) is 5.78 Å². The maximum absolute atomic E-state index is 12.7. The molecule has 0 bridgehead atoms. The smallest absolute Gasteiger partial charge is 0.317 e. The van der Waals surface area contributed by atoms with Gasteiger partial charge < -0.3 is 14.8 Å². The van der Waals surface area contributed by atoms with Crippen molar-refractivity contribution in [2.24, 2.45) is 11.3 Å². The van der Waals surface area contributed by atoms with Gasteiger partial charge in [-0.1, -0.05) is 32.0 Å². The first-order chi connectivity index (χ1) is 10.9. The lowest BCUT2D eigenvalue weighted by Gasteiger charge is -2.41. The fourth-order valence-corrected chi connectivity index (χ4v) is 3.08. The minimum Gasteiger partial charge on any atom is -0.496 e. The molecule has 1 aliphatic rings. The van der Waals surface area contributed by atoms with E-state index in [0.717, 1.165) is 11.3 Å². The van der Waals surface area contributed by atoms with Crippen LogP contribution in [0.15, 0.2) is 24.3 Å². The third-order valence-electron chi connectivity index (χ3n) is 4.58. The van der Waals surface area contributed by atoms with Crippen LogP contribution < -0.4 is 10.1 Å². The average Bonchev–Trinajstić information content (AvgIpc) is 2.53. The van der Waals surface area contributed by atoms with Crippen LogP contribution in [-0.4, -0.2) is 38.1 Å². The van der Waals surface area contributed by atoms with Gasteiger partial charge in [0.1, 0.15) is 11.7 Å². The normalized spacial score (nSPS) is 23.4. The van der Waals surface area contributed by atoms with Crippen molar-refractivity contribution >= 4 is 11.8 Å². The zero-order chi connectivity index (χ0) is 17.0. The SMILES string of the molecule is CCOC(=O)C1CNC(Cc2ccccc2OC)C(C)(C)C1=O. The maximum Gasteiger partial charge on any atom is 0.317 e. The number of methoxy groups -OCH3 is 1. The molecule has 0 amide bonds. The Kier molecular flexibility index (Phi) is 5.42. The molecule has 2 rings (SSSR count). The molecule has 126 valence electrons. The Morgan fingerprint density at radius 3 is 2.70 bits per heavy atom. The van der Waals surface area contributed by atoms with Crippen LogP contribution >= 0.6 is 0 Å². The zero-order valence-electron chi connectivity index (χ0n) is 14.2. The van der Waals surface area contributed by atoms with E-state index < -0.39 is 17.3 Å². The standard InChI is InChI=1S/C18H25NO4/c1-5-23-17(21)13-11-19-15(18(2,3)16(13)20)10-12-8-6-7-9-14(12)22-4/h6-9,13,15,19H,5,10-11H2,1-4H3. The summed E-state index contributed by atoms with van der Waals surface area (Å²) in [6.45, 7) is 6.12. The van der Waals surface area contributed by atoms with Crippen molar-refractivity contribution in [1.82, 2.24) is 5.32 Å². The molecule has 0 aromatic heterocycles. The highest BCUT2D eigenvalue weighted by molar-refractivity contribution is 6.03. The molecule has 2 unspecified atom stereocenters. The van der Waals surface area contributed by atoms with Gasteiger partial charge in [-0.15, -0.1) is 0 Å². The molecule has 1 aliphatic heterocycles. The second-order valence-electron chi connectivity index (χ2n) is 6.37. The summed E-state index contributed by atoms with van der Waals surface area (Å²) in [6.07, 6.45) is 0.665. The van der Waals surface area contributed by atoms with E-state index in [1.807, 2.05) is 38.1 Å². The average molecular weight is 319 g/mol. The van der Waals surface area contributed by atoms with E-state index in [2.05, 4.69) is 5.32 Å². The van der Waals surface area contributed by atoms with Crippen LogP contribution in [0.5, 0.6) is 5.75 Å². The summed E-state index contributed by atoms with van der Waals surface area (Å²) in [7, 11) is 1.64. The fraction of sp³-hybridized carbons (Fsp3) is 0.556. The molecule has 1 heterocycles. The number of esters is 1. The van der Waals surface area contributed by atoms with Gasteiger partial charge in [-0.05, 0) is 25.0 Å². The van der Waals surface area contributed by atoms with Crippen LogP contribution in [0.25, 0.3) is 0 Å². The van der Waals surface area contributed by atoms with E-state index in [1.165, 1.54) is 0 Å². The summed E-state index contributed by atoms with van der Waals surface area (Å²) < 4.78 is 10.4. The first-order valence-electron chi connectivity index (χ1n) is 7.98. The van der Waals surface area contributed by atoms with Gasteiger partial charge in [-0.2, -0.15) is 0 Å². The van der Waals surface area contributed by atoms with E-state index in [4.69, 9.17) is 9.47 Å². The van der Waals surface area contributed by atoms with Crippen molar-refractivity contribution in [3.63, 3.8) is 0 Å². The van der Waals surface area contributed by atoms with E-state index in [-0.39, 0.29) is 18.4 Å². The minimum absolute atomic E-state index is 0.0584. The summed E-state index contributed by atoms with van der Waals surface area (Å²) in [5.74, 6) is -0.410. The van der Waals surface area contributed by atoms with Crippen LogP contribution in [0.3, 0.4) is 0 Å². The van der Waals surface area contributed by atoms with Crippen molar-refractivity contribution < 1.29 is 19.1 Å². The highest BCUT2D eigenvalue weighted by Crippen LogP contribution is 2.33. The molecule has 0 saturated carbocycles. The lowest BCUT2D eigenvalue weighted by Crippen LogP contribution is -2.59. The van der Waals surface area contributed by atoms with E-state index in [9.17, 15) is 9.59 Å². The summed E-state index contributed by atoms with van der Waals surface area (Å²) in [4.78, 5) is 24.7. The number of carbonyl (C=O) groups is 2. The van der Waals surface area contributed by atoms with Gasteiger partial charge in [0.2, 0.25) is 0 Å². The Bertz CT molecular complexity index is 582. The number of rotatable bonds is 5. The maximum atomic E-state index is 12.7. The molecule has 1 N–H and O–H groups in total. The number of hydrogen-bond acceptors (Lipinski definition) is 5. The Balaban J connectivity index is 2.17. The number of hydrogen-bond donors (Lipinski definition) is 1. The molecule has 1 saturated heterocycles. The van der Waals surface area contributed by atoms with Crippen LogP contribution in [0, 0.1) is 11.3 Å². The molecule has 23 heavy (non-hydrogen) atoms. The van der Waals surface area contributed by atoms with Gasteiger partial charge in [0.05, 0.1) is 13.7 Å². The number of carbonyl (C=O) groups excluding carboxylic acids is 2. The highest BCUT2D eigenvalue weighted by atomic mass is 16.5. The van der Waals surface area contributed by atoms with Crippen molar-refractivity contribution in [3.8, 4) is 5.75 Å². The Hall–Kier alpha value is -1.88. The summed E-state index contributed by atoms with van der Waals surface area (Å²) in [6, 6.07) is 7.73. The van der Waals surface area contributed by atoms with Crippen LogP contribution in [-0.2, 0) is 20.7 Å². The minimum atomic E-state index is -0.723. The lowest BCUT2D eigenvalue weighted by atomic mass is 9.70. The first kappa shape index (κ1) is 17.5. The Labute approximate surface area is 137 Å². The fourth-order valence-electron chi connectivity index (χ4n) is 3.08. The molecule has 0 aliphatic carbocycles. The second-order valence-corrected chi connectivity index (χ2v) is 6.37. The molecule has 5 heteroatoms. The predicted octanol–water partition coefficient (Wildman–Crippen LogP) is 1.98. The second kappa shape index (κ2) is 7.13. The van der Waals surface area contributed by atoms with Crippen LogP contribution in [0.2, 0.25) is 0 Å². The van der Waals surface area contributed by atoms with Crippen molar-refractivity contribution in [2.45, 2.75) is 33.2 Å². The van der Waals surface area contributed by atoms with Crippen LogP contribution in [0.1, 0.15) is 26.3 Å². The third kappa shape index (κ3) is 3.55. The Morgan fingerprint density at radius 1 is 1.35 bits per heavy atom. The lowest BCUT2D eigenvalue weighted by molar-refractivity contribution is -0.156.